The summed E-state index contributed by atoms with van der Waals surface area (Å²) < 4.78 is 11.9. The SMILES string of the molecule is CCOc1cc(/C=c2/s/c(=C\C(=O)c3ccccc3C)[nH]c2=O)ccc1OC. The average Bonchev–Trinajstić information content (AvgIpc) is 3.01. The molecule has 28 heavy (non-hydrogen) atoms. The zero-order valence-corrected chi connectivity index (χ0v) is 16.8. The van der Waals surface area contributed by atoms with Gasteiger partial charge in [-0.05, 0) is 43.2 Å². The van der Waals surface area contributed by atoms with Gasteiger partial charge in [-0.2, -0.15) is 0 Å². The van der Waals surface area contributed by atoms with E-state index < -0.39 is 0 Å². The van der Waals surface area contributed by atoms with E-state index in [4.69, 9.17) is 9.47 Å². The number of hydrogen-bond acceptors (Lipinski definition) is 5. The van der Waals surface area contributed by atoms with Crippen molar-refractivity contribution in [2.24, 2.45) is 0 Å². The van der Waals surface area contributed by atoms with Crippen molar-refractivity contribution in [3.63, 3.8) is 0 Å². The van der Waals surface area contributed by atoms with Crippen LogP contribution in [0.15, 0.2) is 47.3 Å². The maximum atomic E-state index is 12.5. The zero-order chi connectivity index (χ0) is 20.1. The van der Waals surface area contributed by atoms with Gasteiger partial charge in [-0.1, -0.05) is 30.3 Å². The largest absolute Gasteiger partial charge is 0.493 e. The molecule has 0 aliphatic carbocycles. The van der Waals surface area contributed by atoms with Crippen molar-refractivity contribution in [3.8, 4) is 11.5 Å². The van der Waals surface area contributed by atoms with E-state index in [0.717, 1.165) is 11.1 Å². The lowest BCUT2D eigenvalue weighted by molar-refractivity contribution is 0.106. The smallest absolute Gasteiger partial charge is 0.266 e. The van der Waals surface area contributed by atoms with Crippen molar-refractivity contribution >= 4 is 29.3 Å². The van der Waals surface area contributed by atoms with Gasteiger partial charge in [0.1, 0.15) is 0 Å². The summed E-state index contributed by atoms with van der Waals surface area (Å²) >= 11 is 1.24. The number of ether oxygens (including phenoxy) is 2. The number of rotatable bonds is 6. The van der Waals surface area contributed by atoms with Crippen LogP contribution >= 0.6 is 11.3 Å². The lowest BCUT2D eigenvalue weighted by Crippen LogP contribution is -2.20. The third-order valence-corrected chi connectivity index (χ3v) is 5.10. The maximum absolute atomic E-state index is 12.5. The van der Waals surface area contributed by atoms with E-state index in [9.17, 15) is 9.59 Å². The maximum Gasteiger partial charge on any atom is 0.266 e. The van der Waals surface area contributed by atoms with E-state index in [1.807, 2.05) is 44.2 Å². The normalized spacial score (nSPS) is 12.2. The minimum absolute atomic E-state index is 0.134. The molecule has 0 spiro atoms. The first-order chi connectivity index (χ1) is 13.5. The second kappa shape index (κ2) is 8.71. The Labute approximate surface area is 166 Å². The van der Waals surface area contributed by atoms with Gasteiger partial charge in [-0.25, -0.2) is 0 Å². The van der Waals surface area contributed by atoms with Crippen molar-refractivity contribution < 1.29 is 14.3 Å². The summed E-state index contributed by atoms with van der Waals surface area (Å²) in [5.74, 6) is 1.12. The van der Waals surface area contributed by atoms with E-state index in [1.165, 1.54) is 17.4 Å². The molecule has 0 bridgehead atoms. The molecule has 0 saturated heterocycles. The van der Waals surface area contributed by atoms with Gasteiger partial charge in [-0.3, -0.25) is 9.59 Å². The fourth-order valence-corrected chi connectivity index (χ4v) is 3.66. The molecule has 0 fully saturated rings. The summed E-state index contributed by atoms with van der Waals surface area (Å²) in [4.78, 5) is 27.5. The Hall–Kier alpha value is -3.12. The molecule has 3 aromatic rings. The van der Waals surface area contributed by atoms with Crippen LogP contribution in [0, 0.1) is 6.92 Å². The van der Waals surface area contributed by atoms with E-state index in [1.54, 1.807) is 25.3 Å². The summed E-state index contributed by atoms with van der Waals surface area (Å²) in [6.07, 6.45) is 3.23. The average molecular weight is 395 g/mol. The van der Waals surface area contributed by atoms with Crippen LogP contribution in [0.25, 0.3) is 12.2 Å². The fourth-order valence-electron chi connectivity index (χ4n) is 2.77. The molecule has 0 atom stereocenters. The predicted molar refractivity (Wildman–Crippen MR) is 112 cm³/mol. The third-order valence-electron chi connectivity index (χ3n) is 4.14. The Kier molecular flexibility index (Phi) is 6.11. The highest BCUT2D eigenvalue weighted by Gasteiger charge is 2.07. The van der Waals surface area contributed by atoms with Gasteiger partial charge in [0.15, 0.2) is 17.3 Å². The molecular formula is C22H21NO4S. The number of benzene rings is 2. The van der Waals surface area contributed by atoms with Gasteiger partial charge in [0, 0.05) is 11.6 Å². The Morgan fingerprint density at radius 3 is 2.68 bits per heavy atom. The number of methoxy groups -OCH3 is 1. The molecule has 6 heteroatoms. The quantitative estimate of drug-likeness (QED) is 0.652. The Balaban J connectivity index is 1.98. The number of aryl methyl sites for hydroxylation is 1. The number of Topliss-reactive ketones (excluding diaryl/α,β-unsaturated/α-hetero) is 1. The third kappa shape index (κ3) is 4.40. The second-order valence-corrected chi connectivity index (χ2v) is 7.18. The minimum Gasteiger partial charge on any atom is -0.493 e. The first kappa shape index (κ1) is 19.6. The van der Waals surface area contributed by atoms with Crippen LogP contribution in [-0.2, 0) is 0 Å². The van der Waals surface area contributed by atoms with Crippen LogP contribution in [0.3, 0.4) is 0 Å². The molecule has 1 N–H and O–H groups in total. The zero-order valence-electron chi connectivity index (χ0n) is 15.9. The van der Waals surface area contributed by atoms with Gasteiger partial charge in [0.25, 0.3) is 5.56 Å². The summed E-state index contributed by atoms with van der Waals surface area (Å²) in [5, 5.41) is 0. The minimum atomic E-state index is -0.234. The highest BCUT2D eigenvalue weighted by atomic mass is 32.1. The molecule has 0 amide bonds. The summed E-state index contributed by atoms with van der Waals surface area (Å²) in [6.45, 7) is 4.30. The van der Waals surface area contributed by atoms with Crippen LogP contribution in [0.2, 0.25) is 0 Å². The molecule has 144 valence electrons. The molecule has 0 aliphatic heterocycles. The second-order valence-electron chi connectivity index (χ2n) is 6.10. The first-order valence-corrected chi connectivity index (χ1v) is 9.67. The van der Waals surface area contributed by atoms with Crippen LogP contribution in [-0.4, -0.2) is 24.5 Å². The van der Waals surface area contributed by atoms with Crippen LogP contribution in [0.5, 0.6) is 11.5 Å². The molecule has 2 aromatic carbocycles. The molecular weight excluding hydrogens is 374 g/mol. The van der Waals surface area contributed by atoms with E-state index in [-0.39, 0.29) is 11.3 Å². The van der Waals surface area contributed by atoms with Gasteiger partial charge in [-0.15, -0.1) is 11.3 Å². The molecule has 0 radical (unpaired) electrons. The number of H-pyrrole nitrogens is 1. The van der Waals surface area contributed by atoms with Crippen LogP contribution < -0.4 is 24.2 Å². The number of carbonyl (C=O) groups is 1. The van der Waals surface area contributed by atoms with Gasteiger partial charge < -0.3 is 14.5 Å². The molecule has 1 heterocycles. The van der Waals surface area contributed by atoms with E-state index in [0.29, 0.717) is 32.9 Å². The number of hydrogen-bond donors (Lipinski definition) is 1. The van der Waals surface area contributed by atoms with Crippen molar-refractivity contribution in [2.75, 3.05) is 13.7 Å². The van der Waals surface area contributed by atoms with E-state index >= 15 is 0 Å². The van der Waals surface area contributed by atoms with Gasteiger partial charge >= 0.3 is 0 Å². The summed E-state index contributed by atoms with van der Waals surface area (Å²) in [6, 6.07) is 12.8. The molecule has 1 aromatic heterocycles. The molecule has 0 aliphatic rings. The molecule has 0 saturated carbocycles. The van der Waals surface area contributed by atoms with Crippen molar-refractivity contribution in [1.82, 2.24) is 4.98 Å². The number of thiazole rings is 1. The number of carbonyl (C=O) groups excluding carboxylic acids is 1. The Morgan fingerprint density at radius 1 is 1.18 bits per heavy atom. The lowest BCUT2D eigenvalue weighted by atomic mass is 10.1. The van der Waals surface area contributed by atoms with Crippen LogP contribution in [0.1, 0.15) is 28.4 Å². The Morgan fingerprint density at radius 2 is 1.96 bits per heavy atom. The summed E-state index contributed by atoms with van der Waals surface area (Å²) in [5.41, 5.74) is 2.10. The van der Waals surface area contributed by atoms with Crippen molar-refractivity contribution in [1.29, 1.82) is 0 Å². The molecule has 5 nitrogen and oxygen atoms in total. The highest BCUT2D eigenvalue weighted by Crippen LogP contribution is 2.28. The lowest BCUT2D eigenvalue weighted by Gasteiger charge is -2.09. The van der Waals surface area contributed by atoms with Gasteiger partial charge in [0.05, 0.1) is 22.9 Å². The summed E-state index contributed by atoms with van der Waals surface area (Å²) in [7, 11) is 1.58. The van der Waals surface area contributed by atoms with Gasteiger partial charge in [0.2, 0.25) is 0 Å². The van der Waals surface area contributed by atoms with Crippen molar-refractivity contribution in [2.45, 2.75) is 13.8 Å². The predicted octanol–water partition coefficient (Wildman–Crippen LogP) is 2.64. The Bertz CT molecular complexity index is 1170. The number of aromatic amines is 1. The van der Waals surface area contributed by atoms with Crippen molar-refractivity contribution in [3.05, 3.63) is 78.7 Å². The number of ketones is 1. The fraction of sp³-hybridized carbons (Fsp3) is 0.182. The topological polar surface area (TPSA) is 68.4 Å². The standard InChI is InChI=1S/C22H21NO4S/c1-4-27-19-11-15(9-10-18(19)26-3)12-20-22(25)23-21(28-20)13-17(24)16-8-6-5-7-14(16)2/h5-13H,4H2,1-3H3,(H,23,25)/b20-12+,21-13-. The first-order valence-electron chi connectivity index (χ1n) is 8.85. The molecule has 3 rings (SSSR count). The van der Waals surface area contributed by atoms with E-state index in [2.05, 4.69) is 4.98 Å². The number of nitrogens with one attached hydrogen (secondary N) is 1. The van der Waals surface area contributed by atoms with Crippen LogP contribution in [0.4, 0.5) is 0 Å². The number of aromatic nitrogens is 1. The highest BCUT2D eigenvalue weighted by molar-refractivity contribution is 7.07. The monoisotopic (exact) mass is 395 g/mol. The molecule has 0 unspecified atom stereocenters.